The number of anilines is 1. The lowest BCUT2D eigenvalue weighted by atomic mass is 9.84. The first kappa shape index (κ1) is 27.0. The lowest BCUT2D eigenvalue weighted by Gasteiger charge is -2.27. The standard InChI is InChI=1S/C28H32N4O6S/c1-38-28(35)20-9-12-25(29-15-20)31-26(33)24(13-18-5-3-2-4-6-18)32-17-30-23-14-21(10-11-22(23)27(32)34)39(36,37)16-19-7-8-19/h9-12,14-15,17-19,24H,2-8,13,16H2,1H3,(H,29,31,33). The summed E-state index contributed by atoms with van der Waals surface area (Å²) in [4.78, 5) is 47.5. The topological polar surface area (TPSA) is 137 Å². The van der Waals surface area contributed by atoms with Crippen molar-refractivity contribution in [3.05, 3.63) is 58.8 Å². The minimum atomic E-state index is -3.45. The number of hydrogen-bond acceptors (Lipinski definition) is 8. The van der Waals surface area contributed by atoms with Crippen LogP contribution in [0.3, 0.4) is 0 Å². The largest absolute Gasteiger partial charge is 0.465 e. The number of benzene rings is 1. The fourth-order valence-electron chi connectivity index (χ4n) is 5.22. The maximum Gasteiger partial charge on any atom is 0.339 e. The second-order valence-electron chi connectivity index (χ2n) is 10.5. The first-order valence-corrected chi connectivity index (χ1v) is 15.0. The summed E-state index contributed by atoms with van der Waals surface area (Å²) in [7, 11) is -2.18. The molecule has 3 aromatic rings. The van der Waals surface area contributed by atoms with E-state index in [1.807, 2.05) is 0 Å². The van der Waals surface area contributed by atoms with Crippen molar-refractivity contribution >= 4 is 38.4 Å². The molecule has 1 unspecified atom stereocenters. The van der Waals surface area contributed by atoms with E-state index in [1.54, 1.807) is 0 Å². The minimum absolute atomic E-state index is 0.105. The molecule has 2 aliphatic carbocycles. The Morgan fingerprint density at radius 1 is 1.05 bits per heavy atom. The molecule has 0 saturated heterocycles. The Kier molecular flexibility index (Phi) is 7.79. The van der Waals surface area contributed by atoms with Crippen molar-refractivity contribution in [1.29, 1.82) is 0 Å². The van der Waals surface area contributed by atoms with Gasteiger partial charge in [-0.05, 0) is 61.4 Å². The first-order chi connectivity index (χ1) is 18.7. The number of fused-ring (bicyclic) bond motifs is 1. The van der Waals surface area contributed by atoms with Crippen LogP contribution < -0.4 is 10.9 Å². The van der Waals surface area contributed by atoms with E-state index in [0.717, 1.165) is 44.9 Å². The zero-order chi connectivity index (χ0) is 27.6. The predicted molar refractivity (Wildman–Crippen MR) is 145 cm³/mol. The van der Waals surface area contributed by atoms with Gasteiger partial charge in [0.2, 0.25) is 5.91 Å². The van der Waals surface area contributed by atoms with Crippen molar-refractivity contribution in [2.75, 3.05) is 18.2 Å². The molecule has 1 atom stereocenters. The van der Waals surface area contributed by atoms with Gasteiger partial charge >= 0.3 is 5.97 Å². The van der Waals surface area contributed by atoms with E-state index < -0.39 is 33.3 Å². The molecule has 1 aromatic carbocycles. The Morgan fingerprint density at radius 2 is 1.82 bits per heavy atom. The van der Waals surface area contributed by atoms with E-state index in [-0.39, 0.29) is 44.8 Å². The molecule has 5 rings (SSSR count). The van der Waals surface area contributed by atoms with Crippen molar-refractivity contribution in [1.82, 2.24) is 14.5 Å². The van der Waals surface area contributed by atoms with Crippen LogP contribution in [0.15, 0.2) is 52.5 Å². The van der Waals surface area contributed by atoms with Gasteiger partial charge in [0.05, 0.1) is 40.6 Å². The van der Waals surface area contributed by atoms with Gasteiger partial charge in [0.1, 0.15) is 11.9 Å². The summed E-state index contributed by atoms with van der Waals surface area (Å²) in [5.74, 6) is -0.112. The number of methoxy groups -OCH3 is 1. The third-order valence-corrected chi connectivity index (χ3v) is 9.50. The summed E-state index contributed by atoms with van der Waals surface area (Å²) in [5, 5.41) is 3.03. The lowest BCUT2D eigenvalue weighted by Crippen LogP contribution is -2.35. The lowest BCUT2D eigenvalue weighted by molar-refractivity contribution is -0.120. The molecule has 39 heavy (non-hydrogen) atoms. The van der Waals surface area contributed by atoms with E-state index >= 15 is 0 Å². The van der Waals surface area contributed by atoms with Gasteiger partial charge in [-0.1, -0.05) is 32.1 Å². The van der Waals surface area contributed by atoms with Crippen molar-refractivity contribution in [3.8, 4) is 0 Å². The highest BCUT2D eigenvalue weighted by molar-refractivity contribution is 7.91. The molecular formula is C28H32N4O6S. The summed E-state index contributed by atoms with van der Waals surface area (Å²) < 4.78 is 31.5. The fraction of sp³-hybridized carbons (Fsp3) is 0.464. The Morgan fingerprint density at radius 3 is 2.49 bits per heavy atom. The van der Waals surface area contributed by atoms with Gasteiger partial charge in [0, 0.05) is 6.20 Å². The van der Waals surface area contributed by atoms with Crippen LogP contribution in [0.5, 0.6) is 0 Å². The SMILES string of the molecule is COC(=O)c1ccc(NC(=O)C(CC2CCCCC2)n2cnc3cc(S(=O)(=O)CC4CC4)ccc3c2=O)nc1. The van der Waals surface area contributed by atoms with Gasteiger partial charge in [-0.2, -0.15) is 0 Å². The molecule has 1 N–H and O–H groups in total. The van der Waals surface area contributed by atoms with Gasteiger partial charge < -0.3 is 10.1 Å². The average molecular weight is 553 g/mol. The average Bonchev–Trinajstić information content (AvgIpc) is 3.76. The normalized spacial score (nSPS) is 17.1. The number of nitrogens with one attached hydrogen (secondary N) is 1. The predicted octanol–water partition coefficient (Wildman–Crippen LogP) is 3.91. The molecule has 0 aliphatic heterocycles. The molecule has 206 valence electrons. The number of carbonyl (C=O) groups excluding carboxylic acids is 2. The summed E-state index contributed by atoms with van der Waals surface area (Å²) in [6.45, 7) is 0. The summed E-state index contributed by atoms with van der Waals surface area (Å²) >= 11 is 0. The quantitative estimate of drug-likeness (QED) is 0.395. The van der Waals surface area contributed by atoms with Crippen LogP contribution >= 0.6 is 0 Å². The number of aromatic nitrogens is 3. The van der Waals surface area contributed by atoms with Crippen LogP contribution in [0.2, 0.25) is 0 Å². The third kappa shape index (κ3) is 6.19. The smallest absolute Gasteiger partial charge is 0.339 e. The van der Waals surface area contributed by atoms with E-state index in [1.165, 1.54) is 54.5 Å². The molecule has 0 bridgehead atoms. The zero-order valence-corrected chi connectivity index (χ0v) is 22.7. The molecule has 2 heterocycles. The van der Waals surface area contributed by atoms with E-state index in [2.05, 4.69) is 20.0 Å². The summed E-state index contributed by atoms with van der Waals surface area (Å²) in [6, 6.07) is 6.57. The van der Waals surface area contributed by atoms with Crippen molar-refractivity contribution in [3.63, 3.8) is 0 Å². The molecule has 10 nitrogen and oxygen atoms in total. The highest BCUT2D eigenvalue weighted by Gasteiger charge is 2.30. The molecule has 2 saturated carbocycles. The number of carbonyl (C=O) groups is 2. The molecule has 1 amide bonds. The number of rotatable bonds is 9. The maximum atomic E-state index is 13.6. The zero-order valence-electron chi connectivity index (χ0n) is 21.8. The number of amides is 1. The number of sulfone groups is 1. The molecule has 2 aromatic heterocycles. The van der Waals surface area contributed by atoms with E-state index in [0.29, 0.717) is 6.42 Å². The van der Waals surface area contributed by atoms with Crippen LogP contribution in [-0.2, 0) is 19.4 Å². The van der Waals surface area contributed by atoms with Gasteiger partial charge in [-0.15, -0.1) is 0 Å². The van der Waals surface area contributed by atoms with Gasteiger partial charge in [0.25, 0.3) is 5.56 Å². The van der Waals surface area contributed by atoms with Crippen LogP contribution in [0, 0.1) is 11.8 Å². The van der Waals surface area contributed by atoms with Crippen LogP contribution in [-0.4, -0.2) is 47.7 Å². The van der Waals surface area contributed by atoms with Crippen LogP contribution in [0.4, 0.5) is 5.82 Å². The Labute approximate surface area is 226 Å². The summed E-state index contributed by atoms with van der Waals surface area (Å²) in [6.07, 6.45) is 10.2. The van der Waals surface area contributed by atoms with Crippen LogP contribution in [0.1, 0.15) is 67.8 Å². The highest BCUT2D eigenvalue weighted by atomic mass is 32.2. The fourth-order valence-corrected chi connectivity index (χ4v) is 6.94. The molecular weight excluding hydrogens is 520 g/mol. The number of esters is 1. The monoisotopic (exact) mass is 552 g/mol. The Hall–Kier alpha value is -3.60. The van der Waals surface area contributed by atoms with E-state index in [9.17, 15) is 22.8 Å². The first-order valence-electron chi connectivity index (χ1n) is 13.3. The number of ether oxygens (including phenoxy) is 1. The van der Waals surface area contributed by atoms with Gasteiger partial charge in [-0.3, -0.25) is 14.2 Å². The van der Waals surface area contributed by atoms with Crippen LogP contribution in [0.25, 0.3) is 10.9 Å². The molecule has 11 heteroatoms. The summed E-state index contributed by atoms with van der Waals surface area (Å²) in [5.41, 5.74) is 0.129. The molecule has 2 fully saturated rings. The van der Waals surface area contributed by atoms with Crippen molar-refractivity contribution < 1.29 is 22.7 Å². The second kappa shape index (κ2) is 11.3. The number of pyridine rings is 1. The molecule has 0 radical (unpaired) electrons. The highest BCUT2D eigenvalue weighted by Crippen LogP contribution is 2.33. The van der Waals surface area contributed by atoms with Gasteiger partial charge in [-0.25, -0.2) is 23.2 Å². The number of nitrogens with zero attached hydrogens (tertiary/aromatic N) is 3. The maximum absolute atomic E-state index is 13.6. The second-order valence-corrected chi connectivity index (χ2v) is 12.6. The third-order valence-electron chi connectivity index (χ3n) is 7.62. The minimum Gasteiger partial charge on any atom is -0.465 e. The number of hydrogen-bond donors (Lipinski definition) is 1. The van der Waals surface area contributed by atoms with E-state index in [4.69, 9.17) is 0 Å². The Balaban J connectivity index is 1.45. The molecule has 2 aliphatic rings. The van der Waals surface area contributed by atoms with Crippen molar-refractivity contribution in [2.24, 2.45) is 11.8 Å². The Bertz CT molecular complexity index is 1540. The van der Waals surface area contributed by atoms with Crippen molar-refractivity contribution in [2.45, 2.75) is 62.3 Å². The molecule has 0 spiro atoms. The van der Waals surface area contributed by atoms with Gasteiger partial charge in [0.15, 0.2) is 9.84 Å².